The number of aliphatic hydroxyl groups excluding tert-OH is 1. The van der Waals surface area contributed by atoms with Gasteiger partial charge in [-0.1, -0.05) is 0 Å². The Labute approximate surface area is 119 Å². The number of carbonyl (C=O) groups is 1. The Morgan fingerprint density at radius 1 is 1.57 bits per heavy atom. The maximum Gasteiger partial charge on any atom is 0.271 e. The molecule has 0 spiro atoms. The predicted octanol–water partition coefficient (Wildman–Crippen LogP) is -1.27. The molecule has 0 saturated heterocycles. The molecule has 0 heterocycles. The lowest BCUT2D eigenvalue weighted by Gasteiger charge is -2.12. The Morgan fingerprint density at radius 3 is 2.67 bits per heavy atom. The number of benzene rings is 1. The van der Waals surface area contributed by atoms with Gasteiger partial charge in [-0.15, -0.1) is 0 Å². The van der Waals surface area contributed by atoms with E-state index in [-0.39, 0.29) is 5.75 Å². The van der Waals surface area contributed by atoms with Crippen molar-refractivity contribution < 1.29 is 28.0 Å². The van der Waals surface area contributed by atoms with Gasteiger partial charge in [-0.25, -0.2) is 13.1 Å². The fraction of sp³-hybridized carbons (Fsp3) is 0.300. The maximum atomic E-state index is 12.0. The molecule has 0 aliphatic heterocycles. The molecule has 4 N–H and O–H groups in total. The quantitative estimate of drug-likeness (QED) is 0.416. The number of rotatable bonds is 7. The zero-order valence-electron chi connectivity index (χ0n) is 10.8. The van der Waals surface area contributed by atoms with Gasteiger partial charge in [-0.05, 0) is 6.07 Å². The van der Waals surface area contributed by atoms with Gasteiger partial charge in [0.05, 0.1) is 12.0 Å². The van der Waals surface area contributed by atoms with Crippen LogP contribution < -0.4 is 15.2 Å². The third-order valence-corrected chi connectivity index (χ3v) is 3.89. The number of nitro groups is 1. The van der Waals surface area contributed by atoms with Gasteiger partial charge in [-0.2, -0.15) is 0 Å². The third-order valence-electron chi connectivity index (χ3n) is 2.44. The number of carbonyl (C=O) groups excluding carboxylic acids is 1. The molecule has 0 fully saturated rings. The summed E-state index contributed by atoms with van der Waals surface area (Å²) in [6.45, 7) is -0.663. The topological polar surface area (TPSA) is 162 Å². The van der Waals surface area contributed by atoms with E-state index in [1.165, 1.54) is 7.11 Å². The first-order chi connectivity index (χ1) is 9.69. The van der Waals surface area contributed by atoms with Crippen LogP contribution in [0.4, 0.5) is 5.69 Å². The van der Waals surface area contributed by atoms with E-state index in [1.54, 1.807) is 0 Å². The van der Waals surface area contributed by atoms with Crippen molar-refractivity contribution in [3.8, 4) is 5.75 Å². The van der Waals surface area contributed by atoms with Crippen LogP contribution in [0.2, 0.25) is 0 Å². The first kappa shape index (κ1) is 16.8. The number of hydrogen-bond donors (Lipinski definition) is 3. The Kier molecular flexibility index (Phi) is 5.18. The average molecular weight is 319 g/mol. The van der Waals surface area contributed by atoms with Crippen LogP contribution in [0.5, 0.6) is 5.75 Å². The maximum absolute atomic E-state index is 12.0. The molecule has 0 saturated carbocycles. The van der Waals surface area contributed by atoms with Crippen LogP contribution >= 0.6 is 0 Å². The van der Waals surface area contributed by atoms with Gasteiger partial charge in [0.1, 0.15) is 16.7 Å². The van der Waals surface area contributed by atoms with Crippen LogP contribution in [0.15, 0.2) is 23.1 Å². The van der Waals surface area contributed by atoms with Crippen molar-refractivity contribution in [2.75, 3.05) is 13.7 Å². The van der Waals surface area contributed by atoms with E-state index in [0.717, 1.165) is 18.2 Å². The second kappa shape index (κ2) is 6.47. The number of nitro benzene ring substituents is 1. The molecule has 1 amide bonds. The molecule has 1 unspecified atom stereocenters. The Hall–Kier alpha value is -2.24. The number of nitrogens with two attached hydrogens (primary N) is 1. The summed E-state index contributed by atoms with van der Waals surface area (Å²) in [5, 5.41) is 19.8. The number of non-ortho nitro benzene ring substituents is 1. The third kappa shape index (κ3) is 4.11. The fourth-order valence-electron chi connectivity index (χ4n) is 1.36. The molecule has 0 bridgehead atoms. The average Bonchev–Trinajstić information content (AvgIpc) is 2.43. The molecule has 11 heteroatoms. The molecule has 0 aliphatic carbocycles. The van der Waals surface area contributed by atoms with Crippen molar-refractivity contribution >= 4 is 21.6 Å². The first-order valence-corrected chi connectivity index (χ1v) is 6.97. The minimum absolute atomic E-state index is 0.123. The van der Waals surface area contributed by atoms with Crippen LogP contribution in [0, 0.1) is 10.1 Å². The summed E-state index contributed by atoms with van der Waals surface area (Å²) >= 11 is 0. The van der Waals surface area contributed by atoms with Crippen molar-refractivity contribution in [2.45, 2.75) is 11.0 Å². The van der Waals surface area contributed by atoms with Gasteiger partial charge in [0.2, 0.25) is 15.9 Å². The number of ether oxygens (including phenoxy) is 1. The second-order valence-corrected chi connectivity index (χ2v) is 5.60. The summed E-state index contributed by atoms with van der Waals surface area (Å²) in [4.78, 5) is 20.1. The molecule has 116 valence electrons. The van der Waals surface area contributed by atoms with E-state index >= 15 is 0 Å². The Morgan fingerprint density at radius 2 is 2.19 bits per heavy atom. The van der Waals surface area contributed by atoms with E-state index in [4.69, 9.17) is 15.6 Å². The van der Waals surface area contributed by atoms with Gasteiger partial charge in [-0.3, -0.25) is 14.9 Å². The highest BCUT2D eigenvalue weighted by molar-refractivity contribution is 7.89. The van der Waals surface area contributed by atoms with E-state index in [1.807, 2.05) is 4.72 Å². The van der Waals surface area contributed by atoms with Gasteiger partial charge < -0.3 is 15.6 Å². The van der Waals surface area contributed by atoms with E-state index in [2.05, 4.69) is 0 Å². The van der Waals surface area contributed by atoms with Crippen molar-refractivity contribution in [2.24, 2.45) is 5.73 Å². The molecule has 1 aromatic rings. The van der Waals surface area contributed by atoms with E-state index in [0.29, 0.717) is 0 Å². The molecule has 1 atom stereocenters. The molecular formula is C10H13N3O7S. The summed E-state index contributed by atoms with van der Waals surface area (Å²) in [7, 11) is -3.04. The highest BCUT2D eigenvalue weighted by Crippen LogP contribution is 2.27. The number of hydrogen-bond acceptors (Lipinski definition) is 7. The standard InChI is InChI=1S/C10H13N3O7S/c1-20-8-3-2-6(13(16)17)4-9(8)21(18,19)12-5-7(14)10(11)15/h2-4,7,12,14H,5H2,1H3,(H2,11,15). The van der Waals surface area contributed by atoms with Crippen LogP contribution in [0.25, 0.3) is 0 Å². The first-order valence-electron chi connectivity index (χ1n) is 5.48. The summed E-state index contributed by atoms with van der Waals surface area (Å²) < 4.78 is 30.8. The number of sulfonamides is 1. The molecule has 1 rings (SSSR count). The normalized spacial score (nSPS) is 12.7. The molecule has 0 aromatic heterocycles. The molecule has 21 heavy (non-hydrogen) atoms. The summed E-state index contributed by atoms with van der Waals surface area (Å²) in [6, 6.07) is 3.01. The number of amides is 1. The summed E-state index contributed by atoms with van der Waals surface area (Å²) in [5.41, 5.74) is 4.33. The van der Waals surface area contributed by atoms with Crippen LogP contribution in [-0.4, -0.2) is 44.1 Å². The fourth-order valence-corrected chi connectivity index (χ4v) is 2.58. The van der Waals surface area contributed by atoms with E-state index < -0.39 is 44.1 Å². The van der Waals surface area contributed by atoms with E-state index in [9.17, 15) is 23.3 Å². The van der Waals surface area contributed by atoms with Crippen LogP contribution in [0.1, 0.15) is 0 Å². The predicted molar refractivity (Wildman–Crippen MR) is 70.0 cm³/mol. The van der Waals surface area contributed by atoms with Gasteiger partial charge in [0.25, 0.3) is 5.69 Å². The van der Waals surface area contributed by atoms with Gasteiger partial charge >= 0.3 is 0 Å². The Balaban J connectivity index is 3.14. The largest absolute Gasteiger partial charge is 0.495 e. The van der Waals surface area contributed by atoms with Crippen LogP contribution in [0.3, 0.4) is 0 Å². The second-order valence-electron chi connectivity index (χ2n) is 3.86. The molecule has 10 nitrogen and oxygen atoms in total. The SMILES string of the molecule is COc1ccc([N+](=O)[O-])cc1S(=O)(=O)NCC(O)C(N)=O. The minimum Gasteiger partial charge on any atom is -0.495 e. The lowest BCUT2D eigenvalue weighted by Crippen LogP contribution is -2.40. The summed E-state index contributed by atoms with van der Waals surface area (Å²) in [6.07, 6.45) is -1.72. The Bertz CT molecular complexity index is 659. The summed E-state index contributed by atoms with van der Waals surface area (Å²) in [5.74, 6) is -1.23. The molecule has 0 radical (unpaired) electrons. The van der Waals surface area contributed by atoms with Gasteiger partial charge in [0.15, 0.2) is 0 Å². The smallest absolute Gasteiger partial charge is 0.271 e. The highest BCUT2D eigenvalue weighted by Gasteiger charge is 2.24. The number of primary amides is 1. The molecular weight excluding hydrogens is 306 g/mol. The zero-order chi connectivity index (χ0) is 16.2. The number of nitrogens with zero attached hydrogens (tertiary/aromatic N) is 1. The van der Waals surface area contributed by atoms with Crippen molar-refractivity contribution in [3.05, 3.63) is 28.3 Å². The minimum atomic E-state index is -4.23. The zero-order valence-corrected chi connectivity index (χ0v) is 11.7. The lowest BCUT2D eigenvalue weighted by molar-refractivity contribution is -0.385. The van der Waals surface area contributed by atoms with Crippen molar-refractivity contribution in [3.63, 3.8) is 0 Å². The van der Waals surface area contributed by atoms with Gasteiger partial charge in [0, 0.05) is 18.7 Å². The molecule has 0 aliphatic rings. The number of nitrogens with one attached hydrogen (secondary N) is 1. The lowest BCUT2D eigenvalue weighted by atomic mass is 10.3. The van der Waals surface area contributed by atoms with Crippen molar-refractivity contribution in [1.29, 1.82) is 0 Å². The highest BCUT2D eigenvalue weighted by atomic mass is 32.2. The number of methoxy groups -OCH3 is 1. The van der Waals surface area contributed by atoms with Crippen molar-refractivity contribution in [1.82, 2.24) is 4.72 Å². The molecule has 1 aromatic carbocycles. The monoisotopic (exact) mass is 319 g/mol. The number of aliphatic hydroxyl groups is 1. The van der Waals surface area contributed by atoms with Crippen LogP contribution in [-0.2, 0) is 14.8 Å².